The fraction of sp³-hybridized carbons (Fsp3) is 0.538. The molecule has 0 radical (unpaired) electrons. The van der Waals surface area contributed by atoms with Gasteiger partial charge in [0, 0.05) is 12.7 Å². The van der Waals surface area contributed by atoms with E-state index in [1.165, 1.54) is 25.0 Å². The van der Waals surface area contributed by atoms with Crippen LogP contribution in [0.25, 0.3) is 0 Å². The van der Waals surface area contributed by atoms with Crippen molar-refractivity contribution in [1.29, 1.82) is 5.26 Å². The topological polar surface area (TPSA) is 48.7 Å². The van der Waals surface area contributed by atoms with Crippen LogP contribution < -0.4 is 5.32 Å². The molecule has 1 heterocycles. The summed E-state index contributed by atoms with van der Waals surface area (Å²) in [7, 11) is 0. The van der Waals surface area contributed by atoms with Crippen molar-refractivity contribution in [1.82, 2.24) is 4.98 Å². The molecule has 0 spiro atoms. The van der Waals surface area contributed by atoms with Gasteiger partial charge in [0.1, 0.15) is 11.9 Å². The molecule has 0 atom stereocenters. The highest BCUT2D eigenvalue weighted by Gasteiger charge is 2.00. The molecule has 0 unspecified atom stereocenters. The molecule has 0 amide bonds. The standard InChI is InChI=1S/C13H19N3S/c1-17-10-5-3-2-4-8-15-13-12(11-14)7-6-9-16-13/h6-7,9H,2-5,8,10H2,1H3,(H,15,16). The van der Waals surface area contributed by atoms with Crippen molar-refractivity contribution in [3.05, 3.63) is 23.9 Å². The number of hydrogen-bond donors (Lipinski definition) is 1. The van der Waals surface area contributed by atoms with Crippen LogP contribution in [-0.2, 0) is 0 Å². The number of nitriles is 1. The van der Waals surface area contributed by atoms with E-state index in [9.17, 15) is 0 Å². The third-order valence-corrected chi connectivity index (χ3v) is 3.19. The third-order valence-electron chi connectivity index (χ3n) is 2.50. The SMILES string of the molecule is CSCCCCCCNc1ncccc1C#N. The zero-order chi connectivity index (χ0) is 12.3. The van der Waals surface area contributed by atoms with Crippen LogP contribution in [0.15, 0.2) is 18.3 Å². The van der Waals surface area contributed by atoms with Crippen LogP contribution in [0.3, 0.4) is 0 Å². The fourth-order valence-electron chi connectivity index (χ4n) is 1.57. The zero-order valence-electron chi connectivity index (χ0n) is 10.3. The Balaban J connectivity index is 2.16. The summed E-state index contributed by atoms with van der Waals surface area (Å²) in [5.41, 5.74) is 0.620. The molecular formula is C13H19N3S. The number of aromatic nitrogens is 1. The van der Waals surface area contributed by atoms with E-state index in [2.05, 4.69) is 22.6 Å². The Bertz CT molecular complexity index is 360. The van der Waals surface area contributed by atoms with E-state index in [4.69, 9.17) is 5.26 Å². The van der Waals surface area contributed by atoms with Crippen LogP contribution in [0, 0.1) is 11.3 Å². The smallest absolute Gasteiger partial charge is 0.143 e. The number of pyridine rings is 1. The van der Waals surface area contributed by atoms with E-state index in [0.29, 0.717) is 11.4 Å². The lowest BCUT2D eigenvalue weighted by Gasteiger charge is -2.06. The largest absolute Gasteiger partial charge is 0.369 e. The summed E-state index contributed by atoms with van der Waals surface area (Å²) < 4.78 is 0. The molecule has 0 fully saturated rings. The molecule has 0 saturated heterocycles. The van der Waals surface area contributed by atoms with Gasteiger partial charge in [0.25, 0.3) is 0 Å². The van der Waals surface area contributed by atoms with E-state index >= 15 is 0 Å². The molecule has 0 bridgehead atoms. The van der Waals surface area contributed by atoms with Crippen molar-refractivity contribution in [2.24, 2.45) is 0 Å². The molecule has 1 aromatic rings. The first-order chi connectivity index (χ1) is 8.38. The van der Waals surface area contributed by atoms with Gasteiger partial charge in [-0.1, -0.05) is 12.8 Å². The predicted octanol–water partition coefficient (Wildman–Crippen LogP) is 3.29. The van der Waals surface area contributed by atoms with Crippen LogP contribution >= 0.6 is 11.8 Å². The number of nitrogens with one attached hydrogen (secondary N) is 1. The average Bonchev–Trinajstić information content (AvgIpc) is 2.38. The highest BCUT2D eigenvalue weighted by molar-refractivity contribution is 7.98. The first-order valence-electron chi connectivity index (χ1n) is 5.96. The number of rotatable bonds is 8. The quantitative estimate of drug-likeness (QED) is 0.718. The summed E-state index contributed by atoms with van der Waals surface area (Å²) in [5, 5.41) is 12.1. The minimum absolute atomic E-state index is 0.620. The van der Waals surface area contributed by atoms with Crippen LogP contribution in [0.2, 0.25) is 0 Å². The molecule has 0 aliphatic carbocycles. The summed E-state index contributed by atoms with van der Waals surface area (Å²) >= 11 is 1.91. The Morgan fingerprint density at radius 3 is 2.94 bits per heavy atom. The highest BCUT2D eigenvalue weighted by Crippen LogP contribution is 2.10. The van der Waals surface area contributed by atoms with Gasteiger partial charge in [-0.15, -0.1) is 0 Å². The Morgan fingerprint density at radius 2 is 2.18 bits per heavy atom. The average molecular weight is 249 g/mol. The molecular weight excluding hydrogens is 230 g/mol. The molecule has 92 valence electrons. The van der Waals surface area contributed by atoms with Crippen molar-refractivity contribution < 1.29 is 0 Å². The zero-order valence-corrected chi connectivity index (χ0v) is 11.1. The van der Waals surface area contributed by atoms with E-state index in [1.54, 1.807) is 18.3 Å². The summed E-state index contributed by atoms with van der Waals surface area (Å²) in [6, 6.07) is 5.71. The van der Waals surface area contributed by atoms with Gasteiger partial charge >= 0.3 is 0 Å². The molecule has 0 saturated carbocycles. The Hall–Kier alpha value is -1.21. The van der Waals surface area contributed by atoms with Gasteiger partial charge in [-0.25, -0.2) is 4.98 Å². The Morgan fingerprint density at radius 1 is 1.35 bits per heavy atom. The van der Waals surface area contributed by atoms with Gasteiger partial charge in [-0.3, -0.25) is 0 Å². The minimum atomic E-state index is 0.620. The Labute approximate surface area is 108 Å². The Kier molecular flexibility index (Phi) is 7.24. The lowest BCUT2D eigenvalue weighted by molar-refractivity contribution is 0.688. The number of unbranched alkanes of at least 4 members (excludes halogenated alkanes) is 3. The van der Waals surface area contributed by atoms with Crippen LogP contribution in [0.4, 0.5) is 5.82 Å². The summed E-state index contributed by atoms with van der Waals surface area (Å²) in [6.45, 7) is 0.894. The van der Waals surface area contributed by atoms with Crippen LogP contribution in [0.5, 0.6) is 0 Å². The molecule has 3 nitrogen and oxygen atoms in total. The molecule has 0 aliphatic rings. The van der Waals surface area contributed by atoms with Gasteiger partial charge < -0.3 is 5.32 Å². The van der Waals surface area contributed by atoms with Crippen molar-refractivity contribution in [3.8, 4) is 6.07 Å². The van der Waals surface area contributed by atoms with E-state index < -0.39 is 0 Å². The maximum absolute atomic E-state index is 8.89. The van der Waals surface area contributed by atoms with Crippen molar-refractivity contribution >= 4 is 17.6 Å². The van der Waals surface area contributed by atoms with E-state index in [0.717, 1.165) is 13.0 Å². The molecule has 0 aliphatic heterocycles. The van der Waals surface area contributed by atoms with E-state index in [1.807, 2.05) is 11.8 Å². The monoisotopic (exact) mass is 249 g/mol. The van der Waals surface area contributed by atoms with Crippen LogP contribution in [0.1, 0.15) is 31.2 Å². The predicted molar refractivity (Wildman–Crippen MR) is 74.3 cm³/mol. The second-order valence-corrected chi connectivity index (χ2v) is 4.83. The van der Waals surface area contributed by atoms with Gasteiger partial charge in [-0.05, 0) is 37.0 Å². The third kappa shape index (κ3) is 5.60. The number of hydrogen-bond acceptors (Lipinski definition) is 4. The van der Waals surface area contributed by atoms with E-state index in [-0.39, 0.29) is 0 Å². The normalized spacial score (nSPS) is 9.88. The number of nitrogens with zero attached hydrogens (tertiary/aromatic N) is 2. The maximum Gasteiger partial charge on any atom is 0.143 e. The molecule has 17 heavy (non-hydrogen) atoms. The van der Waals surface area contributed by atoms with Crippen LogP contribution in [-0.4, -0.2) is 23.5 Å². The lowest BCUT2D eigenvalue weighted by atomic mass is 10.2. The molecule has 1 aromatic heterocycles. The summed E-state index contributed by atoms with van der Waals surface area (Å²) in [5.74, 6) is 1.96. The minimum Gasteiger partial charge on any atom is -0.369 e. The van der Waals surface area contributed by atoms with Crippen molar-refractivity contribution in [2.45, 2.75) is 25.7 Å². The fourth-order valence-corrected chi connectivity index (χ4v) is 2.06. The highest BCUT2D eigenvalue weighted by atomic mass is 32.2. The van der Waals surface area contributed by atoms with Gasteiger partial charge in [0.15, 0.2) is 0 Å². The maximum atomic E-state index is 8.89. The second-order valence-electron chi connectivity index (χ2n) is 3.85. The first-order valence-corrected chi connectivity index (χ1v) is 7.36. The molecule has 0 aromatic carbocycles. The second kappa shape index (κ2) is 8.89. The molecule has 1 rings (SSSR count). The number of anilines is 1. The summed E-state index contributed by atoms with van der Waals surface area (Å²) in [4.78, 5) is 4.16. The van der Waals surface area contributed by atoms with Crippen molar-refractivity contribution in [2.75, 3.05) is 23.9 Å². The molecule has 4 heteroatoms. The van der Waals surface area contributed by atoms with Crippen molar-refractivity contribution in [3.63, 3.8) is 0 Å². The first kappa shape index (κ1) is 13.9. The molecule has 1 N–H and O–H groups in total. The van der Waals surface area contributed by atoms with Gasteiger partial charge in [0.05, 0.1) is 5.56 Å². The van der Waals surface area contributed by atoms with Gasteiger partial charge in [0.2, 0.25) is 0 Å². The lowest BCUT2D eigenvalue weighted by Crippen LogP contribution is -2.04. The van der Waals surface area contributed by atoms with Gasteiger partial charge in [-0.2, -0.15) is 17.0 Å². The summed E-state index contributed by atoms with van der Waals surface area (Å²) in [6.07, 6.45) is 8.82. The number of thioether (sulfide) groups is 1.